The predicted octanol–water partition coefficient (Wildman–Crippen LogP) is 5.24. The van der Waals surface area contributed by atoms with E-state index < -0.39 is 0 Å². The molecule has 2 heterocycles. The Morgan fingerprint density at radius 2 is 2.00 bits per heavy atom. The molecule has 3 nitrogen and oxygen atoms in total. The molecule has 0 saturated carbocycles. The molecule has 1 fully saturated rings. The van der Waals surface area contributed by atoms with Crippen LogP contribution in [0.25, 0.3) is 0 Å². The maximum Gasteiger partial charge on any atom is 0.253 e. The van der Waals surface area contributed by atoms with E-state index in [0.29, 0.717) is 34.4 Å². The monoisotopic (exact) mass is 398 g/mol. The number of halogens is 2. The van der Waals surface area contributed by atoms with Crippen LogP contribution >= 0.6 is 23.2 Å². The van der Waals surface area contributed by atoms with Gasteiger partial charge in [-0.2, -0.15) is 0 Å². The highest BCUT2D eigenvalue weighted by molar-refractivity contribution is 6.31. The summed E-state index contributed by atoms with van der Waals surface area (Å²) in [6.07, 6.45) is 4.38. The molecule has 1 amide bonds. The van der Waals surface area contributed by atoms with Gasteiger partial charge in [0.1, 0.15) is 5.69 Å². The van der Waals surface area contributed by atoms with E-state index in [1.165, 1.54) is 5.57 Å². The zero-order valence-corrected chi connectivity index (χ0v) is 16.8. The van der Waals surface area contributed by atoms with Crippen molar-refractivity contribution in [2.75, 3.05) is 13.1 Å². The molecule has 0 atom stereocenters. The van der Waals surface area contributed by atoms with E-state index in [-0.39, 0.29) is 11.3 Å². The Labute approximate surface area is 170 Å². The van der Waals surface area contributed by atoms with Crippen LogP contribution in [-0.4, -0.2) is 28.9 Å². The maximum atomic E-state index is 12.8. The van der Waals surface area contributed by atoms with Gasteiger partial charge in [-0.1, -0.05) is 54.6 Å². The van der Waals surface area contributed by atoms with Crippen LogP contribution in [0.5, 0.6) is 0 Å². The summed E-state index contributed by atoms with van der Waals surface area (Å²) in [7, 11) is 0. The van der Waals surface area contributed by atoms with Gasteiger partial charge in [0.05, 0.1) is 0 Å². The third kappa shape index (κ3) is 4.91. The van der Waals surface area contributed by atoms with Crippen LogP contribution < -0.4 is 0 Å². The minimum atomic E-state index is -0.150. The lowest BCUT2D eigenvalue weighted by Gasteiger charge is -2.40. The Bertz CT molecular complexity index is 954. The molecule has 1 aromatic carbocycles. The number of nitrogens with zero attached hydrogens (tertiary/aromatic N) is 2. The fourth-order valence-corrected chi connectivity index (χ4v) is 3.52. The first-order valence-corrected chi connectivity index (χ1v) is 9.48. The summed E-state index contributed by atoms with van der Waals surface area (Å²) in [5.41, 5.74) is 2.35. The molecule has 27 heavy (non-hydrogen) atoms. The van der Waals surface area contributed by atoms with Gasteiger partial charge >= 0.3 is 0 Å². The lowest BCUT2D eigenvalue weighted by atomic mass is 9.78. The Kier molecular flexibility index (Phi) is 5.89. The van der Waals surface area contributed by atoms with Gasteiger partial charge in [0.25, 0.3) is 5.91 Å². The second-order valence-corrected chi connectivity index (χ2v) is 8.04. The number of rotatable bonds is 1. The maximum absolute atomic E-state index is 12.8. The van der Waals surface area contributed by atoms with Gasteiger partial charge in [-0.25, -0.2) is 4.98 Å². The molecule has 2 aromatic rings. The Hall–Kier alpha value is -2.28. The van der Waals surface area contributed by atoms with E-state index >= 15 is 0 Å². The van der Waals surface area contributed by atoms with E-state index in [0.717, 1.165) is 6.42 Å². The first-order valence-electron chi connectivity index (χ1n) is 8.73. The minimum Gasteiger partial charge on any atom is -0.337 e. The number of carbonyl (C=O) groups excluding carboxylic acids is 1. The summed E-state index contributed by atoms with van der Waals surface area (Å²) in [5, 5.41) is 1.19. The number of piperidine rings is 1. The number of likely N-dealkylation sites (tertiary alicyclic amines) is 1. The summed E-state index contributed by atoms with van der Waals surface area (Å²) in [6.45, 7) is 5.57. The van der Waals surface area contributed by atoms with Gasteiger partial charge in [0.15, 0.2) is 0 Å². The number of aromatic nitrogens is 1. The third-order valence-electron chi connectivity index (χ3n) is 4.63. The van der Waals surface area contributed by atoms with Gasteiger partial charge in [-0.05, 0) is 48.7 Å². The molecule has 0 spiro atoms. The summed E-state index contributed by atoms with van der Waals surface area (Å²) in [5.74, 6) is 6.12. The van der Waals surface area contributed by atoms with Crippen LogP contribution in [-0.2, 0) is 0 Å². The van der Waals surface area contributed by atoms with Crippen LogP contribution in [0.1, 0.15) is 36.3 Å². The molecular formula is C22H20Cl2N2O. The molecule has 0 N–H and O–H groups in total. The largest absolute Gasteiger partial charge is 0.337 e. The van der Waals surface area contributed by atoms with E-state index in [9.17, 15) is 4.79 Å². The van der Waals surface area contributed by atoms with Crippen LogP contribution in [0.3, 0.4) is 0 Å². The van der Waals surface area contributed by atoms with Gasteiger partial charge < -0.3 is 4.90 Å². The number of allylic oxidation sites excluding steroid dienone is 1. The van der Waals surface area contributed by atoms with E-state index in [1.807, 2.05) is 11.0 Å². The molecular weight excluding hydrogens is 379 g/mol. The molecule has 0 aliphatic carbocycles. The zero-order chi connectivity index (χ0) is 19.4. The number of carbonyl (C=O) groups is 1. The zero-order valence-electron chi connectivity index (χ0n) is 15.3. The van der Waals surface area contributed by atoms with Gasteiger partial charge in [-0.15, -0.1) is 0 Å². The fraction of sp³-hybridized carbons (Fsp3) is 0.273. The van der Waals surface area contributed by atoms with Crippen LogP contribution in [0.2, 0.25) is 10.0 Å². The van der Waals surface area contributed by atoms with E-state index in [2.05, 4.69) is 30.7 Å². The molecule has 1 aliphatic rings. The van der Waals surface area contributed by atoms with E-state index in [1.54, 1.807) is 42.6 Å². The summed E-state index contributed by atoms with van der Waals surface area (Å²) in [6, 6.07) is 10.6. The first-order chi connectivity index (χ1) is 12.8. The van der Waals surface area contributed by atoms with Gasteiger partial charge in [0.2, 0.25) is 0 Å². The smallest absolute Gasteiger partial charge is 0.253 e. The van der Waals surface area contributed by atoms with Crippen LogP contribution in [0.15, 0.2) is 54.2 Å². The fourth-order valence-electron chi connectivity index (χ4n) is 3.17. The molecule has 1 aliphatic heterocycles. The van der Waals surface area contributed by atoms with Gasteiger partial charge in [-0.3, -0.25) is 4.79 Å². The average Bonchev–Trinajstić information content (AvgIpc) is 2.62. The molecule has 0 unspecified atom stereocenters. The molecule has 138 valence electrons. The van der Waals surface area contributed by atoms with Crippen molar-refractivity contribution in [1.29, 1.82) is 0 Å². The highest BCUT2D eigenvalue weighted by Crippen LogP contribution is 2.34. The third-order valence-corrected chi connectivity index (χ3v) is 5.10. The minimum absolute atomic E-state index is 0.0128. The van der Waals surface area contributed by atoms with Crippen LogP contribution in [0.4, 0.5) is 0 Å². The Balaban J connectivity index is 1.73. The SMILES string of the molecule is CC1(C)CN(C(=O)c2cccc(Cl)c2)CC/C1=C\C#Cc1cc(Cl)ccn1. The van der Waals surface area contributed by atoms with Gasteiger partial charge in [0, 0.05) is 40.3 Å². The molecule has 0 bridgehead atoms. The van der Waals surface area contributed by atoms with Crippen molar-refractivity contribution in [2.24, 2.45) is 5.41 Å². The highest BCUT2D eigenvalue weighted by Gasteiger charge is 2.33. The standard InChI is InChI=1S/C22H20Cl2N2O/c1-22(2)15-26(21(27)16-5-3-7-18(23)13-16)12-10-17(22)6-4-8-20-14-19(24)9-11-25-20/h3,5-7,9,11,13-14H,10,12,15H2,1-2H3/b17-6+. The molecule has 1 saturated heterocycles. The average molecular weight is 399 g/mol. The molecule has 1 aromatic heterocycles. The van der Waals surface area contributed by atoms with Crippen molar-refractivity contribution < 1.29 is 4.79 Å². The lowest BCUT2D eigenvalue weighted by molar-refractivity contribution is 0.0663. The second-order valence-electron chi connectivity index (χ2n) is 7.17. The van der Waals surface area contributed by atoms with Crippen LogP contribution in [0, 0.1) is 17.3 Å². The number of hydrogen-bond donors (Lipinski definition) is 0. The van der Waals surface area contributed by atoms with Crippen molar-refractivity contribution >= 4 is 29.1 Å². The highest BCUT2D eigenvalue weighted by atomic mass is 35.5. The number of benzene rings is 1. The Morgan fingerprint density at radius 1 is 1.22 bits per heavy atom. The van der Waals surface area contributed by atoms with Crippen molar-refractivity contribution in [3.05, 3.63) is 75.5 Å². The predicted molar refractivity (Wildman–Crippen MR) is 110 cm³/mol. The molecule has 3 rings (SSSR count). The summed E-state index contributed by atoms with van der Waals surface area (Å²) < 4.78 is 0. The van der Waals surface area contributed by atoms with Crippen molar-refractivity contribution in [1.82, 2.24) is 9.88 Å². The van der Waals surface area contributed by atoms with E-state index in [4.69, 9.17) is 23.2 Å². The number of amides is 1. The normalized spacial score (nSPS) is 17.3. The molecule has 5 heteroatoms. The first kappa shape index (κ1) is 19.5. The van der Waals surface area contributed by atoms with Crippen molar-refractivity contribution in [3.8, 4) is 11.8 Å². The second kappa shape index (κ2) is 8.17. The Morgan fingerprint density at radius 3 is 2.70 bits per heavy atom. The summed E-state index contributed by atoms with van der Waals surface area (Å²) >= 11 is 12.0. The van der Waals surface area contributed by atoms with Crippen molar-refractivity contribution in [3.63, 3.8) is 0 Å². The van der Waals surface area contributed by atoms with Crippen molar-refractivity contribution in [2.45, 2.75) is 20.3 Å². The number of pyridine rings is 1. The quantitative estimate of drug-likeness (QED) is 0.615. The molecule has 0 radical (unpaired) electrons. The topological polar surface area (TPSA) is 33.2 Å². The number of hydrogen-bond acceptors (Lipinski definition) is 2. The lowest BCUT2D eigenvalue weighted by Crippen LogP contribution is -2.44. The summed E-state index contributed by atoms with van der Waals surface area (Å²) in [4.78, 5) is 18.8.